The molecule has 0 saturated carbocycles. The molecule has 1 unspecified atom stereocenters. The number of rotatable bonds is 5. The summed E-state index contributed by atoms with van der Waals surface area (Å²) in [7, 11) is 0. The molecule has 3 heterocycles. The number of aromatic nitrogens is 2. The second kappa shape index (κ2) is 10.2. The third kappa shape index (κ3) is 4.94. The van der Waals surface area contributed by atoms with Gasteiger partial charge in [0.25, 0.3) is 0 Å². The topological polar surface area (TPSA) is 62.4 Å². The number of nitrogens with one attached hydrogen (secondary N) is 2. The summed E-state index contributed by atoms with van der Waals surface area (Å²) < 4.78 is 11.8. The monoisotopic (exact) mass is 450 g/mol. The average molecular weight is 451 g/mol. The predicted octanol–water partition coefficient (Wildman–Crippen LogP) is 4.05. The van der Waals surface area contributed by atoms with Crippen LogP contribution in [-0.2, 0) is 0 Å². The lowest BCUT2D eigenvalue weighted by molar-refractivity contribution is 0.0894. The molecule has 2 aromatic carbocycles. The van der Waals surface area contributed by atoms with Gasteiger partial charge in [-0.15, -0.1) is 24.8 Å². The van der Waals surface area contributed by atoms with Gasteiger partial charge in [0, 0.05) is 19.6 Å². The number of H-pyrrole nitrogens is 1. The van der Waals surface area contributed by atoms with Gasteiger partial charge in [-0.3, -0.25) is 0 Å². The summed E-state index contributed by atoms with van der Waals surface area (Å²) >= 11 is 0. The summed E-state index contributed by atoms with van der Waals surface area (Å²) in [6.07, 6.45) is 2.43. The Morgan fingerprint density at radius 1 is 0.967 bits per heavy atom. The lowest BCUT2D eigenvalue weighted by atomic mass is 9.97. The van der Waals surface area contributed by atoms with Gasteiger partial charge in [0.15, 0.2) is 11.5 Å². The van der Waals surface area contributed by atoms with Gasteiger partial charge in [0.1, 0.15) is 12.7 Å². The Morgan fingerprint density at radius 3 is 2.50 bits per heavy atom. The van der Waals surface area contributed by atoms with Crippen molar-refractivity contribution in [3.05, 3.63) is 48.5 Å². The normalized spacial score (nSPS) is 18.5. The van der Waals surface area contributed by atoms with Crippen molar-refractivity contribution in [2.75, 3.05) is 37.7 Å². The summed E-state index contributed by atoms with van der Waals surface area (Å²) in [5, 5.41) is 3.58. The number of ether oxygens (including phenoxy) is 2. The molecule has 1 saturated heterocycles. The van der Waals surface area contributed by atoms with Crippen LogP contribution in [-0.4, -0.2) is 48.9 Å². The number of benzene rings is 2. The van der Waals surface area contributed by atoms with Crippen LogP contribution in [0.4, 0.5) is 5.95 Å². The molecular weight excluding hydrogens is 423 g/mol. The summed E-state index contributed by atoms with van der Waals surface area (Å²) in [6, 6.07) is 16.1. The summed E-state index contributed by atoms with van der Waals surface area (Å²) in [4.78, 5) is 10.5. The third-order valence-corrected chi connectivity index (χ3v) is 5.66. The Kier molecular flexibility index (Phi) is 7.69. The molecule has 6 nitrogen and oxygen atoms in total. The van der Waals surface area contributed by atoms with Crippen LogP contribution in [0.2, 0.25) is 0 Å². The van der Waals surface area contributed by atoms with E-state index in [0.717, 1.165) is 54.7 Å². The van der Waals surface area contributed by atoms with E-state index in [1.807, 2.05) is 36.4 Å². The van der Waals surface area contributed by atoms with Crippen LogP contribution in [0.25, 0.3) is 11.0 Å². The largest absolute Gasteiger partial charge is 0.486 e. The standard InChI is InChI=1S/C22H26N4O2.2ClH/c1-2-6-19-18(5-1)24-22(25-19)26-11-9-16(10-12-26)13-23-14-17-15-27-20-7-3-4-8-21(20)28-17;;/h1-8,16-17,23H,9-15H2,(H,24,25);2*1H. The van der Waals surface area contributed by atoms with Crippen molar-refractivity contribution in [3.8, 4) is 11.5 Å². The predicted molar refractivity (Wildman–Crippen MR) is 125 cm³/mol. The van der Waals surface area contributed by atoms with Gasteiger partial charge >= 0.3 is 0 Å². The fourth-order valence-electron chi connectivity index (χ4n) is 4.05. The fourth-order valence-corrected chi connectivity index (χ4v) is 4.05. The fraction of sp³-hybridized carbons (Fsp3) is 0.409. The first-order valence-corrected chi connectivity index (χ1v) is 10.1. The first kappa shape index (κ1) is 22.5. The Balaban J connectivity index is 0.00000128. The molecule has 162 valence electrons. The number of hydrogen-bond donors (Lipinski definition) is 2. The maximum absolute atomic E-state index is 6.02. The highest BCUT2D eigenvalue weighted by Gasteiger charge is 2.23. The Hall–Kier alpha value is -2.15. The molecule has 1 fully saturated rings. The molecule has 2 aliphatic rings. The minimum Gasteiger partial charge on any atom is -0.486 e. The van der Waals surface area contributed by atoms with Gasteiger partial charge in [-0.25, -0.2) is 4.98 Å². The molecule has 0 radical (unpaired) electrons. The molecule has 0 aliphatic carbocycles. The lowest BCUT2D eigenvalue weighted by Gasteiger charge is -2.32. The summed E-state index contributed by atoms with van der Waals surface area (Å²) in [6.45, 7) is 4.53. The van der Waals surface area contributed by atoms with E-state index in [2.05, 4.69) is 27.3 Å². The van der Waals surface area contributed by atoms with Gasteiger partial charge in [-0.1, -0.05) is 24.3 Å². The van der Waals surface area contributed by atoms with E-state index in [1.54, 1.807) is 0 Å². The van der Waals surface area contributed by atoms with Crippen LogP contribution in [0.5, 0.6) is 11.5 Å². The minimum atomic E-state index is 0. The summed E-state index contributed by atoms with van der Waals surface area (Å²) in [5.41, 5.74) is 2.15. The van der Waals surface area contributed by atoms with E-state index in [0.29, 0.717) is 12.5 Å². The van der Waals surface area contributed by atoms with Crippen LogP contribution in [0.15, 0.2) is 48.5 Å². The number of imidazole rings is 1. The zero-order valence-electron chi connectivity index (χ0n) is 16.8. The van der Waals surface area contributed by atoms with Gasteiger partial charge in [0.2, 0.25) is 5.95 Å². The number of para-hydroxylation sites is 4. The zero-order valence-corrected chi connectivity index (χ0v) is 18.4. The molecule has 30 heavy (non-hydrogen) atoms. The number of anilines is 1. The third-order valence-electron chi connectivity index (χ3n) is 5.66. The minimum absolute atomic E-state index is 0. The smallest absolute Gasteiger partial charge is 0.203 e. The molecule has 1 atom stereocenters. The van der Waals surface area contributed by atoms with Crippen LogP contribution in [0.3, 0.4) is 0 Å². The first-order chi connectivity index (χ1) is 13.8. The molecule has 0 bridgehead atoms. The molecule has 2 aliphatic heterocycles. The van der Waals surface area contributed by atoms with Crippen molar-refractivity contribution in [2.24, 2.45) is 5.92 Å². The molecule has 2 N–H and O–H groups in total. The van der Waals surface area contributed by atoms with E-state index < -0.39 is 0 Å². The van der Waals surface area contributed by atoms with E-state index in [4.69, 9.17) is 14.5 Å². The van der Waals surface area contributed by atoms with Crippen molar-refractivity contribution in [2.45, 2.75) is 18.9 Å². The average Bonchev–Trinajstić information content (AvgIpc) is 3.18. The highest BCUT2D eigenvalue weighted by molar-refractivity contribution is 5.85. The summed E-state index contributed by atoms with van der Waals surface area (Å²) in [5.74, 6) is 3.38. The van der Waals surface area contributed by atoms with Gasteiger partial charge in [-0.2, -0.15) is 0 Å². The SMILES string of the molecule is Cl.Cl.c1ccc2c(c1)OCC(CNCC1CCN(c3nc4ccccc4[nH]3)CC1)O2. The Labute approximate surface area is 189 Å². The molecule has 8 heteroatoms. The highest BCUT2D eigenvalue weighted by atomic mass is 35.5. The van der Waals surface area contributed by atoms with Crippen molar-refractivity contribution in [1.82, 2.24) is 15.3 Å². The number of fused-ring (bicyclic) bond motifs is 2. The molecule has 5 rings (SSSR count). The van der Waals surface area contributed by atoms with E-state index >= 15 is 0 Å². The van der Waals surface area contributed by atoms with Crippen LogP contribution in [0, 0.1) is 5.92 Å². The van der Waals surface area contributed by atoms with Crippen molar-refractivity contribution < 1.29 is 9.47 Å². The number of hydrogen-bond acceptors (Lipinski definition) is 5. The first-order valence-electron chi connectivity index (χ1n) is 10.1. The van der Waals surface area contributed by atoms with Crippen LogP contribution < -0.4 is 19.7 Å². The van der Waals surface area contributed by atoms with E-state index in [-0.39, 0.29) is 30.9 Å². The molecule has 3 aromatic rings. The van der Waals surface area contributed by atoms with Crippen molar-refractivity contribution in [3.63, 3.8) is 0 Å². The number of piperidine rings is 1. The van der Waals surface area contributed by atoms with E-state index in [1.165, 1.54) is 12.8 Å². The number of aromatic amines is 1. The molecular formula is C22H28Cl2N4O2. The number of nitrogens with zero attached hydrogens (tertiary/aromatic N) is 2. The van der Waals surface area contributed by atoms with Crippen LogP contribution in [0.1, 0.15) is 12.8 Å². The maximum Gasteiger partial charge on any atom is 0.203 e. The van der Waals surface area contributed by atoms with Gasteiger partial charge in [-0.05, 0) is 49.6 Å². The lowest BCUT2D eigenvalue weighted by Crippen LogP contribution is -2.42. The highest BCUT2D eigenvalue weighted by Crippen LogP contribution is 2.30. The second-order valence-electron chi connectivity index (χ2n) is 7.66. The Bertz CT molecular complexity index is 911. The maximum atomic E-state index is 6.02. The zero-order chi connectivity index (χ0) is 18.8. The molecule has 1 aromatic heterocycles. The van der Waals surface area contributed by atoms with Gasteiger partial charge in [0.05, 0.1) is 11.0 Å². The molecule has 0 spiro atoms. The van der Waals surface area contributed by atoms with Gasteiger partial charge < -0.3 is 24.7 Å². The van der Waals surface area contributed by atoms with Crippen LogP contribution >= 0.6 is 24.8 Å². The van der Waals surface area contributed by atoms with E-state index in [9.17, 15) is 0 Å². The number of halogens is 2. The molecule has 0 amide bonds. The Morgan fingerprint density at radius 2 is 1.70 bits per heavy atom. The van der Waals surface area contributed by atoms with Crippen molar-refractivity contribution >= 4 is 41.8 Å². The quantitative estimate of drug-likeness (QED) is 0.613. The van der Waals surface area contributed by atoms with Crippen molar-refractivity contribution in [1.29, 1.82) is 0 Å². The second-order valence-corrected chi connectivity index (χ2v) is 7.66.